The molecule has 2 aromatic carbocycles. The van der Waals surface area contributed by atoms with Crippen molar-refractivity contribution in [3.05, 3.63) is 59.2 Å². The van der Waals surface area contributed by atoms with Crippen LogP contribution in [-0.2, 0) is 5.33 Å². The van der Waals surface area contributed by atoms with Crippen molar-refractivity contribution in [3.63, 3.8) is 0 Å². The summed E-state index contributed by atoms with van der Waals surface area (Å²) in [5, 5.41) is 0.643. The van der Waals surface area contributed by atoms with Crippen LogP contribution in [0.3, 0.4) is 0 Å². The Balaban J connectivity index is 2.32. The number of hydrogen-bond donors (Lipinski definition) is 0. The van der Waals surface area contributed by atoms with Crippen molar-refractivity contribution in [1.29, 1.82) is 0 Å². The Kier molecular flexibility index (Phi) is 5.33. The van der Waals surface area contributed by atoms with E-state index in [0.29, 0.717) is 22.4 Å². The van der Waals surface area contributed by atoms with Crippen LogP contribution in [0.4, 0.5) is 0 Å². The number of hydrogen-bond acceptors (Lipinski definition) is 4. The van der Waals surface area contributed by atoms with Gasteiger partial charge in [0.05, 0.1) is 19.8 Å². The Hall–Kier alpha value is -2.14. The SMILES string of the molecule is COc1ccc(C(=O)C(=O)c2ccc(CBr)cc2OC)cc1. The van der Waals surface area contributed by atoms with Crippen LogP contribution in [0.25, 0.3) is 0 Å². The summed E-state index contributed by atoms with van der Waals surface area (Å²) in [6.45, 7) is 0. The molecule has 0 atom stereocenters. The van der Waals surface area contributed by atoms with E-state index in [1.165, 1.54) is 14.2 Å². The number of benzene rings is 2. The number of methoxy groups -OCH3 is 2. The van der Waals surface area contributed by atoms with Crippen LogP contribution < -0.4 is 9.47 Å². The van der Waals surface area contributed by atoms with E-state index in [1.54, 1.807) is 42.5 Å². The molecule has 2 aromatic rings. The lowest BCUT2D eigenvalue weighted by molar-refractivity contribution is 0.0815. The van der Waals surface area contributed by atoms with Crippen molar-refractivity contribution in [1.82, 2.24) is 0 Å². The summed E-state index contributed by atoms with van der Waals surface area (Å²) in [5.74, 6) is -0.150. The van der Waals surface area contributed by atoms with E-state index in [0.717, 1.165) is 5.56 Å². The van der Waals surface area contributed by atoms with Crippen LogP contribution in [0.5, 0.6) is 11.5 Å². The van der Waals surface area contributed by atoms with E-state index >= 15 is 0 Å². The molecule has 114 valence electrons. The molecule has 4 nitrogen and oxygen atoms in total. The molecule has 5 heteroatoms. The van der Waals surface area contributed by atoms with Crippen molar-refractivity contribution in [2.24, 2.45) is 0 Å². The van der Waals surface area contributed by atoms with Crippen LogP contribution in [0.2, 0.25) is 0 Å². The summed E-state index contributed by atoms with van der Waals surface area (Å²) in [7, 11) is 3.01. The maximum Gasteiger partial charge on any atom is 0.237 e. The van der Waals surface area contributed by atoms with E-state index in [4.69, 9.17) is 9.47 Å². The van der Waals surface area contributed by atoms with Gasteiger partial charge in [0.1, 0.15) is 11.5 Å². The average Bonchev–Trinajstić information content (AvgIpc) is 2.59. The lowest BCUT2D eigenvalue weighted by Crippen LogP contribution is -2.15. The Morgan fingerprint density at radius 1 is 0.955 bits per heavy atom. The molecule has 0 spiro atoms. The number of Topliss-reactive ketones (excluding diaryl/α,β-unsaturated/α-hetero) is 2. The maximum atomic E-state index is 12.4. The predicted molar refractivity (Wildman–Crippen MR) is 87.3 cm³/mol. The van der Waals surface area contributed by atoms with Crippen molar-refractivity contribution in [2.75, 3.05) is 14.2 Å². The molecular formula is C17H15BrO4. The second-order valence-electron chi connectivity index (χ2n) is 4.56. The van der Waals surface area contributed by atoms with Crippen LogP contribution in [0.15, 0.2) is 42.5 Å². The van der Waals surface area contributed by atoms with Gasteiger partial charge in [0.2, 0.25) is 11.6 Å². The standard InChI is InChI=1S/C17H15BrO4/c1-21-13-6-4-12(5-7-13)16(19)17(20)14-8-3-11(10-18)9-15(14)22-2/h3-9H,10H2,1-2H3. The minimum atomic E-state index is -0.594. The third-order valence-corrected chi connectivity index (χ3v) is 3.87. The summed E-state index contributed by atoms with van der Waals surface area (Å²) < 4.78 is 10.3. The highest BCUT2D eigenvalue weighted by Crippen LogP contribution is 2.23. The van der Waals surface area contributed by atoms with Crippen molar-refractivity contribution >= 4 is 27.5 Å². The van der Waals surface area contributed by atoms with Gasteiger partial charge in [-0.15, -0.1) is 0 Å². The van der Waals surface area contributed by atoms with Gasteiger partial charge in [0.25, 0.3) is 0 Å². The molecule has 0 aromatic heterocycles. The molecule has 0 heterocycles. The first-order chi connectivity index (χ1) is 10.6. The van der Waals surface area contributed by atoms with E-state index in [-0.39, 0.29) is 5.56 Å². The highest BCUT2D eigenvalue weighted by molar-refractivity contribution is 9.08. The molecule has 0 N–H and O–H groups in total. The molecule has 0 unspecified atom stereocenters. The second-order valence-corrected chi connectivity index (χ2v) is 5.12. The third kappa shape index (κ3) is 3.36. The zero-order valence-electron chi connectivity index (χ0n) is 12.3. The van der Waals surface area contributed by atoms with Gasteiger partial charge in [-0.05, 0) is 42.0 Å². The largest absolute Gasteiger partial charge is 0.497 e. The first kappa shape index (κ1) is 16.2. The van der Waals surface area contributed by atoms with Gasteiger partial charge >= 0.3 is 0 Å². The van der Waals surface area contributed by atoms with Gasteiger partial charge in [0, 0.05) is 10.9 Å². The number of rotatable bonds is 6. The molecule has 0 bridgehead atoms. The van der Waals surface area contributed by atoms with Crippen molar-refractivity contribution in [3.8, 4) is 11.5 Å². The van der Waals surface area contributed by atoms with Crippen molar-refractivity contribution in [2.45, 2.75) is 5.33 Å². The summed E-state index contributed by atoms with van der Waals surface area (Å²) in [4.78, 5) is 24.7. The number of ether oxygens (including phenoxy) is 2. The Labute approximate surface area is 137 Å². The Morgan fingerprint density at radius 3 is 2.18 bits per heavy atom. The maximum absolute atomic E-state index is 12.4. The summed E-state index contributed by atoms with van der Waals surface area (Å²) in [6, 6.07) is 11.6. The van der Waals surface area contributed by atoms with Gasteiger partial charge in [-0.2, -0.15) is 0 Å². The molecule has 22 heavy (non-hydrogen) atoms. The summed E-state index contributed by atoms with van der Waals surface area (Å²) in [6.07, 6.45) is 0. The fraction of sp³-hybridized carbons (Fsp3) is 0.176. The van der Waals surface area contributed by atoms with Crippen LogP contribution >= 0.6 is 15.9 Å². The zero-order valence-corrected chi connectivity index (χ0v) is 13.8. The van der Waals surface area contributed by atoms with E-state index < -0.39 is 11.6 Å². The molecule has 0 amide bonds. The molecule has 0 fully saturated rings. The first-order valence-electron chi connectivity index (χ1n) is 6.56. The second kappa shape index (κ2) is 7.22. The monoisotopic (exact) mass is 362 g/mol. The van der Waals surface area contributed by atoms with Gasteiger partial charge < -0.3 is 9.47 Å². The number of alkyl halides is 1. The predicted octanol–water partition coefficient (Wildman–Crippen LogP) is 3.66. The highest BCUT2D eigenvalue weighted by atomic mass is 79.9. The van der Waals surface area contributed by atoms with Gasteiger partial charge in [-0.3, -0.25) is 9.59 Å². The van der Waals surface area contributed by atoms with Gasteiger partial charge in [-0.25, -0.2) is 0 Å². The molecule has 0 aliphatic rings. The number of carbonyl (C=O) groups is 2. The number of ketones is 2. The van der Waals surface area contributed by atoms with Gasteiger partial charge in [0.15, 0.2) is 0 Å². The average molecular weight is 363 g/mol. The molecule has 0 aliphatic carbocycles. The Bertz CT molecular complexity index is 692. The zero-order chi connectivity index (χ0) is 16.1. The molecular weight excluding hydrogens is 348 g/mol. The van der Waals surface area contributed by atoms with Crippen LogP contribution in [0.1, 0.15) is 26.3 Å². The summed E-state index contributed by atoms with van der Waals surface area (Å²) in [5.41, 5.74) is 1.54. The van der Waals surface area contributed by atoms with Crippen LogP contribution in [0, 0.1) is 0 Å². The quantitative estimate of drug-likeness (QED) is 0.447. The lowest BCUT2D eigenvalue weighted by Gasteiger charge is -2.09. The molecule has 0 aliphatic heterocycles. The topological polar surface area (TPSA) is 52.6 Å². The number of halogens is 1. The minimum Gasteiger partial charge on any atom is -0.497 e. The third-order valence-electron chi connectivity index (χ3n) is 3.22. The van der Waals surface area contributed by atoms with Crippen molar-refractivity contribution < 1.29 is 19.1 Å². The number of carbonyl (C=O) groups excluding carboxylic acids is 2. The van der Waals surface area contributed by atoms with E-state index in [9.17, 15) is 9.59 Å². The lowest BCUT2D eigenvalue weighted by atomic mass is 9.99. The molecule has 0 saturated carbocycles. The minimum absolute atomic E-state index is 0.257. The smallest absolute Gasteiger partial charge is 0.237 e. The fourth-order valence-electron chi connectivity index (χ4n) is 2.00. The van der Waals surface area contributed by atoms with Gasteiger partial charge in [-0.1, -0.05) is 22.0 Å². The first-order valence-corrected chi connectivity index (χ1v) is 7.68. The summed E-state index contributed by atoms with van der Waals surface area (Å²) >= 11 is 3.34. The normalized spacial score (nSPS) is 10.1. The molecule has 0 radical (unpaired) electrons. The van der Waals surface area contributed by atoms with E-state index in [2.05, 4.69) is 15.9 Å². The highest BCUT2D eigenvalue weighted by Gasteiger charge is 2.22. The molecule has 2 rings (SSSR count). The Morgan fingerprint density at radius 2 is 1.64 bits per heavy atom. The fourth-order valence-corrected chi connectivity index (χ4v) is 2.35. The van der Waals surface area contributed by atoms with E-state index in [1.807, 2.05) is 0 Å². The molecule has 0 saturated heterocycles. The van der Waals surface area contributed by atoms with Crippen LogP contribution in [-0.4, -0.2) is 25.8 Å².